The highest BCUT2D eigenvalue weighted by atomic mass is 15.3. The SMILES string of the molecule is CN(C)c1nc(N)nc(NC2C3C4CCC(C4)C23)n1. The normalized spacial score (nSPS) is 38.1. The number of aromatic nitrogens is 3. The van der Waals surface area contributed by atoms with Crippen LogP contribution in [0.3, 0.4) is 0 Å². The number of nitrogens with one attached hydrogen (secondary N) is 1. The van der Waals surface area contributed by atoms with E-state index in [1.54, 1.807) is 0 Å². The molecule has 0 amide bonds. The van der Waals surface area contributed by atoms with Crippen LogP contribution in [-0.4, -0.2) is 35.1 Å². The van der Waals surface area contributed by atoms with Gasteiger partial charge in [0.2, 0.25) is 17.8 Å². The van der Waals surface area contributed by atoms with Gasteiger partial charge in [-0.25, -0.2) is 0 Å². The van der Waals surface area contributed by atoms with Gasteiger partial charge in [-0.3, -0.25) is 0 Å². The Labute approximate surface area is 112 Å². The van der Waals surface area contributed by atoms with Crippen molar-refractivity contribution in [2.75, 3.05) is 30.0 Å². The molecule has 0 aliphatic heterocycles. The van der Waals surface area contributed by atoms with E-state index in [9.17, 15) is 0 Å². The number of nitrogens with two attached hydrogens (primary N) is 1. The van der Waals surface area contributed by atoms with Gasteiger partial charge in [-0.15, -0.1) is 0 Å². The molecule has 4 rings (SSSR count). The molecule has 0 aromatic carbocycles. The van der Waals surface area contributed by atoms with Crippen molar-refractivity contribution in [3.63, 3.8) is 0 Å². The summed E-state index contributed by atoms with van der Waals surface area (Å²) in [5.74, 6) is 5.15. The Bertz CT molecular complexity index is 500. The Kier molecular flexibility index (Phi) is 2.20. The molecule has 1 heterocycles. The molecule has 6 heteroatoms. The van der Waals surface area contributed by atoms with E-state index in [0.29, 0.717) is 17.9 Å². The van der Waals surface area contributed by atoms with Crippen LogP contribution in [0.25, 0.3) is 0 Å². The summed E-state index contributed by atoms with van der Waals surface area (Å²) in [5, 5.41) is 3.49. The molecular weight excluding hydrogens is 240 g/mol. The lowest BCUT2D eigenvalue weighted by Crippen LogP contribution is -2.19. The van der Waals surface area contributed by atoms with E-state index in [1.807, 2.05) is 19.0 Å². The van der Waals surface area contributed by atoms with Crippen molar-refractivity contribution in [3.8, 4) is 0 Å². The number of fused-ring (bicyclic) bond motifs is 5. The average molecular weight is 260 g/mol. The summed E-state index contributed by atoms with van der Waals surface area (Å²) >= 11 is 0. The maximum Gasteiger partial charge on any atom is 0.231 e. The van der Waals surface area contributed by atoms with Gasteiger partial charge in [0.05, 0.1) is 0 Å². The lowest BCUT2D eigenvalue weighted by atomic mass is 10.0. The Morgan fingerprint density at radius 1 is 1.11 bits per heavy atom. The molecule has 3 N–H and O–H groups in total. The molecule has 3 aliphatic carbocycles. The first-order chi connectivity index (χ1) is 9.13. The van der Waals surface area contributed by atoms with Crippen LogP contribution in [0.1, 0.15) is 19.3 Å². The fourth-order valence-electron chi connectivity index (χ4n) is 4.31. The molecule has 2 bridgehead atoms. The van der Waals surface area contributed by atoms with Crippen LogP contribution in [0, 0.1) is 23.7 Å². The number of hydrogen-bond donors (Lipinski definition) is 2. The molecule has 1 aromatic rings. The lowest BCUT2D eigenvalue weighted by molar-refractivity contribution is 0.456. The fraction of sp³-hybridized carbons (Fsp3) is 0.769. The Balaban J connectivity index is 1.52. The Morgan fingerprint density at radius 3 is 2.42 bits per heavy atom. The Hall–Kier alpha value is -1.59. The maximum atomic E-state index is 5.75. The molecule has 3 saturated carbocycles. The first kappa shape index (κ1) is 11.3. The molecule has 0 saturated heterocycles. The number of rotatable bonds is 3. The third kappa shape index (κ3) is 1.65. The van der Waals surface area contributed by atoms with Gasteiger partial charge < -0.3 is 16.0 Å². The summed E-state index contributed by atoms with van der Waals surface area (Å²) < 4.78 is 0. The summed E-state index contributed by atoms with van der Waals surface area (Å²) in [6, 6.07) is 0.572. The fourth-order valence-corrected chi connectivity index (χ4v) is 4.31. The van der Waals surface area contributed by atoms with E-state index >= 15 is 0 Å². The summed E-state index contributed by atoms with van der Waals surface area (Å²) in [7, 11) is 3.81. The number of anilines is 3. The largest absolute Gasteiger partial charge is 0.368 e. The smallest absolute Gasteiger partial charge is 0.231 e. The van der Waals surface area contributed by atoms with Crippen LogP contribution >= 0.6 is 0 Å². The summed E-state index contributed by atoms with van der Waals surface area (Å²) in [6.45, 7) is 0. The zero-order valence-electron chi connectivity index (χ0n) is 11.4. The molecule has 1 aromatic heterocycles. The van der Waals surface area contributed by atoms with Gasteiger partial charge in [0.1, 0.15) is 0 Å². The molecule has 0 radical (unpaired) electrons. The van der Waals surface area contributed by atoms with Crippen molar-refractivity contribution in [1.29, 1.82) is 0 Å². The minimum Gasteiger partial charge on any atom is -0.368 e. The predicted molar refractivity (Wildman–Crippen MR) is 73.8 cm³/mol. The first-order valence-electron chi connectivity index (χ1n) is 7.09. The highest BCUT2D eigenvalue weighted by Gasteiger charge is 2.65. The van der Waals surface area contributed by atoms with E-state index in [1.165, 1.54) is 19.3 Å². The van der Waals surface area contributed by atoms with E-state index < -0.39 is 0 Å². The molecule has 0 spiro atoms. The minimum absolute atomic E-state index is 0.287. The zero-order valence-corrected chi connectivity index (χ0v) is 11.4. The van der Waals surface area contributed by atoms with E-state index in [-0.39, 0.29) is 5.95 Å². The molecule has 4 unspecified atom stereocenters. The minimum atomic E-state index is 0.287. The average Bonchev–Trinajstić information content (AvgIpc) is 2.77. The van der Waals surface area contributed by atoms with Crippen molar-refractivity contribution in [2.45, 2.75) is 25.3 Å². The topological polar surface area (TPSA) is 80.0 Å². The van der Waals surface area contributed by atoms with Crippen molar-refractivity contribution in [1.82, 2.24) is 15.0 Å². The van der Waals surface area contributed by atoms with Gasteiger partial charge in [0, 0.05) is 20.1 Å². The molecular formula is C13H20N6. The van der Waals surface area contributed by atoms with Crippen molar-refractivity contribution in [3.05, 3.63) is 0 Å². The summed E-state index contributed by atoms with van der Waals surface area (Å²) in [5.41, 5.74) is 5.75. The second kappa shape index (κ2) is 3.71. The highest BCUT2D eigenvalue weighted by molar-refractivity contribution is 5.43. The monoisotopic (exact) mass is 260 g/mol. The van der Waals surface area contributed by atoms with Gasteiger partial charge >= 0.3 is 0 Å². The first-order valence-corrected chi connectivity index (χ1v) is 7.09. The van der Waals surface area contributed by atoms with Gasteiger partial charge in [-0.2, -0.15) is 15.0 Å². The van der Waals surface area contributed by atoms with Crippen LogP contribution in [0.2, 0.25) is 0 Å². The standard InChI is InChI=1S/C13H20N6/c1-19(2)13-17-11(14)16-12(18-13)15-10-8-6-3-4-7(5-6)9(8)10/h6-10H,3-5H2,1-2H3,(H3,14,15,16,17,18). The van der Waals surface area contributed by atoms with Crippen LogP contribution in [0.15, 0.2) is 0 Å². The number of nitrogens with zero attached hydrogens (tertiary/aromatic N) is 4. The van der Waals surface area contributed by atoms with E-state index in [4.69, 9.17) is 5.73 Å². The number of hydrogen-bond acceptors (Lipinski definition) is 6. The van der Waals surface area contributed by atoms with Gasteiger partial charge in [0.25, 0.3) is 0 Å². The molecule has 6 nitrogen and oxygen atoms in total. The van der Waals surface area contributed by atoms with Crippen LogP contribution in [0.5, 0.6) is 0 Å². The van der Waals surface area contributed by atoms with E-state index in [2.05, 4.69) is 20.3 Å². The van der Waals surface area contributed by atoms with Crippen LogP contribution < -0.4 is 16.0 Å². The third-order valence-corrected chi connectivity index (χ3v) is 5.07. The van der Waals surface area contributed by atoms with Gasteiger partial charge in [0.15, 0.2) is 0 Å². The van der Waals surface area contributed by atoms with Crippen LogP contribution in [0.4, 0.5) is 17.8 Å². The van der Waals surface area contributed by atoms with Crippen molar-refractivity contribution < 1.29 is 0 Å². The predicted octanol–water partition coefficient (Wildman–Crippen LogP) is 0.976. The zero-order chi connectivity index (χ0) is 13.1. The van der Waals surface area contributed by atoms with Crippen molar-refractivity contribution in [2.24, 2.45) is 23.7 Å². The maximum absolute atomic E-state index is 5.75. The molecule has 19 heavy (non-hydrogen) atoms. The quantitative estimate of drug-likeness (QED) is 0.843. The molecule has 3 fully saturated rings. The van der Waals surface area contributed by atoms with Crippen LogP contribution in [-0.2, 0) is 0 Å². The van der Waals surface area contributed by atoms with E-state index in [0.717, 1.165) is 23.7 Å². The number of nitrogen functional groups attached to an aromatic ring is 1. The summed E-state index contributed by atoms with van der Waals surface area (Å²) in [6.07, 6.45) is 4.30. The molecule has 3 aliphatic rings. The highest BCUT2D eigenvalue weighted by Crippen LogP contribution is 2.66. The van der Waals surface area contributed by atoms with Gasteiger partial charge in [-0.05, 0) is 42.9 Å². The summed E-state index contributed by atoms with van der Waals surface area (Å²) in [4.78, 5) is 14.6. The lowest BCUT2D eigenvalue weighted by Gasteiger charge is -2.14. The second-order valence-corrected chi connectivity index (χ2v) is 6.37. The molecule has 4 atom stereocenters. The Morgan fingerprint density at radius 2 is 1.79 bits per heavy atom. The second-order valence-electron chi connectivity index (χ2n) is 6.37. The van der Waals surface area contributed by atoms with Gasteiger partial charge in [-0.1, -0.05) is 0 Å². The van der Waals surface area contributed by atoms with Crippen molar-refractivity contribution >= 4 is 17.8 Å². The molecule has 102 valence electrons. The third-order valence-electron chi connectivity index (χ3n) is 5.07.